The zero-order valence-electron chi connectivity index (χ0n) is 13.2. The van der Waals surface area contributed by atoms with Crippen LogP contribution < -0.4 is 0 Å². The van der Waals surface area contributed by atoms with Crippen LogP contribution in [0.2, 0.25) is 0 Å². The molecule has 1 saturated heterocycles. The minimum absolute atomic E-state index is 0.134. The molecule has 1 aromatic carbocycles. The molecule has 0 unspecified atom stereocenters. The Morgan fingerprint density at radius 1 is 1.09 bits per heavy atom. The lowest BCUT2D eigenvalue weighted by Gasteiger charge is -2.34. The molecule has 0 aromatic heterocycles. The fourth-order valence-electron chi connectivity index (χ4n) is 2.62. The van der Waals surface area contributed by atoms with Crippen molar-refractivity contribution in [1.29, 1.82) is 10.5 Å². The van der Waals surface area contributed by atoms with Gasteiger partial charge >= 0.3 is 0 Å². The third kappa shape index (κ3) is 3.99. The summed E-state index contributed by atoms with van der Waals surface area (Å²) in [7, 11) is 0. The van der Waals surface area contributed by atoms with E-state index in [9.17, 15) is 0 Å². The number of aryl methyl sites for hydroxylation is 1. The molecule has 0 spiro atoms. The first-order valence-electron chi connectivity index (χ1n) is 7.68. The lowest BCUT2D eigenvalue weighted by molar-refractivity contribution is 0.268. The normalized spacial score (nSPS) is 15.8. The molecule has 0 bridgehead atoms. The summed E-state index contributed by atoms with van der Waals surface area (Å²) in [5.74, 6) is 0.764. The predicted octanol–water partition coefficient (Wildman–Crippen LogP) is 4.04. The molecule has 112 valence electrons. The number of allylic oxidation sites excluding steroid dienone is 3. The SMILES string of the molecule is Cc1ccc(/C(=C/C=C(C#N)C#N)N2CCC(C)CC2)cc1. The first-order valence-corrected chi connectivity index (χ1v) is 7.68. The van der Waals surface area contributed by atoms with Crippen LogP contribution >= 0.6 is 0 Å². The zero-order valence-corrected chi connectivity index (χ0v) is 13.2. The first kappa shape index (κ1) is 15.9. The van der Waals surface area contributed by atoms with Gasteiger partial charge in [0.15, 0.2) is 0 Å². The van der Waals surface area contributed by atoms with E-state index in [2.05, 4.69) is 43.0 Å². The Morgan fingerprint density at radius 2 is 1.68 bits per heavy atom. The van der Waals surface area contributed by atoms with Gasteiger partial charge in [-0.1, -0.05) is 36.8 Å². The minimum Gasteiger partial charge on any atom is -0.371 e. The number of rotatable bonds is 3. The van der Waals surface area contributed by atoms with Crippen molar-refractivity contribution in [3.63, 3.8) is 0 Å². The van der Waals surface area contributed by atoms with Crippen LogP contribution in [0, 0.1) is 35.5 Å². The van der Waals surface area contributed by atoms with Crippen molar-refractivity contribution in [3.8, 4) is 12.1 Å². The highest BCUT2D eigenvalue weighted by molar-refractivity contribution is 5.66. The number of piperidine rings is 1. The predicted molar refractivity (Wildman–Crippen MR) is 88.4 cm³/mol. The molecular weight excluding hydrogens is 270 g/mol. The molecule has 1 aromatic rings. The van der Waals surface area contributed by atoms with Gasteiger partial charge in [-0.15, -0.1) is 0 Å². The number of nitrogens with zero attached hydrogens (tertiary/aromatic N) is 3. The van der Waals surface area contributed by atoms with Crippen molar-refractivity contribution in [3.05, 3.63) is 53.1 Å². The van der Waals surface area contributed by atoms with Gasteiger partial charge in [-0.2, -0.15) is 10.5 Å². The molecule has 3 nitrogen and oxygen atoms in total. The number of benzene rings is 1. The highest BCUT2D eigenvalue weighted by Crippen LogP contribution is 2.26. The molecule has 0 aliphatic carbocycles. The maximum Gasteiger partial charge on any atom is 0.129 e. The average molecular weight is 291 g/mol. The molecule has 2 rings (SSSR count). The Labute approximate surface area is 132 Å². The standard InChI is InChI=1S/C19H21N3/c1-15-3-6-18(7-4-15)19(8-5-17(13-20)14-21)22-11-9-16(2)10-12-22/h3-8,16H,9-12H2,1-2H3/b19-8-. The molecule has 0 N–H and O–H groups in total. The molecule has 0 amide bonds. The minimum atomic E-state index is 0.134. The summed E-state index contributed by atoms with van der Waals surface area (Å²) in [5, 5.41) is 17.8. The fraction of sp³-hybridized carbons (Fsp3) is 0.368. The lowest BCUT2D eigenvalue weighted by Crippen LogP contribution is -2.31. The Hall–Kier alpha value is -2.52. The van der Waals surface area contributed by atoms with Crippen molar-refractivity contribution in [2.45, 2.75) is 26.7 Å². The summed E-state index contributed by atoms with van der Waals surface area (Å²) < 4.78 is 0. The Bertz CT molecular complexity index is 629. The van der Waals surface area contributed by atoms with Gasteiger partial charge in [-0.3, -0.25) is 0 Å². The average Bonchev–Trinajstić information content (AvgIpc) is 2.54. The van der Waals surface area contributed by atoms with E-state index >= 15 is 0 Å². The Balaban J connectivity index is 2.35. The summed E-state index contributed by atoms with van der Waals surface area (Å²) in [4.78, 5) is 2.35. The van der Waals surface area contributed by atoms with Gasteiger partial charge in [0.25, 0.3) is 0 Å². The summed E-state index contributed by atoms with van der Waals surface area (Å²) in [5.41, 5.74) is 3.58. The van der Waals surface area contributed by atoms with Crippen molar-refractivity contribution >= 4 is 5.70 Å². The second-order valence-corrected chi connectivity index (χ2v) is 5.89. The molecule has 0 radical (unpaired) electrons. The van der Waals surface area contributed by atoms with Gasteiger partial charge in [-0.05, 0) is 43.4 Å². The van der Waals surface area contributed by atoms with Crippen LogP contribution in [0.3, 0.4) is 0 Å². The quantitative estimate of drug-likeness (QED) is 0.624. The number of likely N-dealkylation sites (tertiary alicyclic amines) is 1. The molecule has 22 heavy (non-hydrogen) atoms. The van der Waals surface area contributed by atoms with Gasteiger partial charge < -0.3 is 4.90 Å². The molecule has 0 saturated carbocycles. The molecule has 1 aliphatic heterocycles. The smallest absolute Gasteiger partial charge is 0.129 e. The molecule has 0 atom stereocenters. The monoisotopic (exact) mass is 291 g/mol. The zero-order chi connectivity index (χ0) is 15.9. The van der Waals surface area contributed by atoms with E-state index < -0.39 is 0 Å². The Kier molecular flexibility index (Phi) is 5.39. The maximum absolute atomic E-state index is 8.91. The van der Waals surface area contributed by atoms with E-state index in [1.165, 1.54) is 18.4 Å². The number of hydrogen-bond donors (Lipinski definition) is 0. The number of nitriles is 2. The second-order valence-electron chi connectivity index (χ2n) is 5.89. The van der Waals surface area contributed by atoms with E-state index in [4.69, 9.17) is 10.5 Å². The number of hydrogen-bond acceptors (Lipinski definition) is 3. The Morgan fingerprint density at radius 3 is 2.23 bits per heavy atom. The first-order chi connectivity index (χ1) is 10.6. The van der Waals surface area contributed by atoms with Crippen LogP contribution in [0.1, 0.15) is 30.9 Å². The van der Waals surface area contributed by atoms with Crippen LogP contribution in [0.15, 0.2) is 42.0 Å². The van der Waals surface area contributed by atoms with Crippen LogP contribution in [0.4, 0.5) is 0 Å². The van der Waals surface area contributed by atoms with Gasteiger partial charge in [0.05, 0.1) is 0 Å². The summed E-state index contributed by atoms with van der Waals surface area (Å²) in [6.07, 6.45) is 5.88. The summed E-state index contributed by atoms with van der Waals surface area (Å²) in [6, 6.07) is 12.2. The van der Waals surface area contributed by atoms with Crippen LogP contribution in [-0.2, 0) is 0 Å². The van der Waals surface area contributed by atoms with Crippen molar-refractivity contribution < 1.29 is 0 Å². The highest BCUT2D eigenvalue weighted by Gasteiger charge is 2.18. The van der Waals surface area contributed by atoms with E-state index in [0.717, 1.165) is 30.3 Å². The van der Waals surface area contributed by atoms with Crippen molar-refractivity contribution in [2.75, 3.05) is 13.1 Å². The van der Waals surface area contributed by atoms with Gasteiger partial charge in [0.1, 0.15) is 17.7 Å². The summed E-state index contributed by atoms with van der Waals surface area (Å²) in [6.45, 7) is 6.39. The van der Waals surface area contributed by atoms with Gasteiger partial charge in [0.2, 0.25) is 0 Å². The molecule has 1 aliphatic rings. The molecular formula is C19H21N3. The second kappa shape index (κ2) is 7.48. The maximum atomic E-state index is 8.91. The van der Waals surface area contributed by atoms with E-state index in [1.54, 1.807) is 6.08 Å². The third-order valence-corrected chi connectivity index (χ3v) is 4.12. The van der Waals surface area contributed by atoms with Gasteiger partial charge in [-0.25, -0.2) is 0 Å². The van der Waals surface area contributed by atoms with E-state index in [1.807, 2.05) is 18.2 Å². The molecule has 1 fully saturated rings. The van der Waals surface area contributed by atoms with E-state index in [0.29, 0.717) is 0 Å². The van der Waals surface area contributed by atoms with Gasteiger partial charge in [0, 0.05) is 18.8 Å². The topological polar surface area (TPSA) is 50.8 Å². The third-order valence-electron chi connectivity index (χ3n) is 4.12. The fourth-order valence-corrected chi connectivity index (χ4v) is 2.62. The van der Waals surface area contributed by atoms with Crippen molar-refractivity contribution in [1.82, 2.24) is 4.90 Å². The largest absolute Gasteiger partial charge is 0.371 e. The van der Waals surface area contributed by atoms with Crippen LogP contribution in [-0.4, -0.2) is 18.0 Å². The van der Waals surface area contributed by atoms with E-state index in [-0.39, 0.29) is 5.57 Å². The van der Waals surface area contributed by atoms with Crippen molar-refractivity contribution in [2.24, 2.45) is 5.92 Å². The van der Waals surface area contributed by atoms with Crippen LogP contribution in [0.5, 0.6) is 0 Å². The lowest BCUT2D eigenvalue weighted by atomic mass is 9.97. The highest BCUT2D eigenvalue weighted by atomic mass is 15.1. The summed E-state index contributed by atoms with van der Waals surface area (Å²) >= 11 is 0. The molecule has 1 heterocycles. The molecule has 3 heteroatoms. The van der Waals surface area contributed by atoms with Crippen LogP contribution in [0.25, 0.3) is 5.70 Å².